The Kier molecular flexibility index (Phi) is 7.79. The van der Waals surface area contributed by atoms with Crippen LogP contribution in [0.4, 0.5) is 5.69 Å². The number of allylic oxidation sites excluding steroid dienone is 6. The molecule has 4 aromatic carbocycles. The first-order chi connectivity index (χ1) is 22.1. The lowest BCUT2D eigenvalue weighted by Crippen LogP contribution is -2.39. The maximum Gasteiger partial charge on any atom is 0.370 e. The van der Waals surface area contributed by atoms with Gasteiger partial charge in [0.15, 0.2) is 0 Å². The maximum absolute atomic E-state index is 11.9. The number of anilines is 1. The summed E-state index contributed by atoms with van der Waals surface area (Å²) >= 11 is 3.23. The molecule has 7 rings (SSSR count). The molecule has 1 aromatic heterocycles. The number of nitrogens with zero attached hydrogens (tertiary/aromatic N) is 2. The SMILES string of the molecule is CC1(C)CC(/C=C/c2sc3c4ccccc4ccc3[n+]2CC(=O)O)=CC(=C/C=C2\Sc3c(ccc4ccccc34)N2CC(=O)O)/C1. The monoisotopic (exact) mass is 645 g/mol. The molecule has 5 aromatic rings. The van der Waals surface area contributed by atoms with Crippen molar-refractivity contribution in [3.05, 3.63) is 118 Å². The molecule has 8 heteroatoms. The van der Waals surface area contributed by atoms with E-state index in [1.54, 1.807) is 23.1 Å². The van der Waals surface area contributed by atoms with Crippen LogP contribution in [0.3, 0.4) is 0 Å². The van der Waals surface area contributed by atoms with Crippen LogP contribution in [0.25, 0.3) is 37.8 Å². The van der Waals surface area contributed by atoms with E-state index < -0.39 is 11.9 Å². The number of hydrogen-bond donors (Lipinski definition) is 2. The molecule has 0 saturated heterocycles. The first kappa shape index (κ1) is 30.0. The summed E-state index contributed by atoms with van der Waals surface area (Å²) in [5, 5.41) is 25.7. The predicted molar refractivity (Wildman–Crippen MR) is 188 cm³/mol. The lowest BCUT2D eigenvalue weighted by atomic mass is 9.75. The largest absolute Gasteiger partial charge is 0.480 e. The van der Waals surface area contributed by atoms with Gasteiger partial charge in [-0.05, 0) is 63.8 Å². The minimum Gasteiger partial charge on any atom is -0.480 e. The Hall–Kier alpha value is -4.66. The zero-order chi connectivity index (χ0) is 32.0. The molecule has 1 aliphatic heterocycles. The van der Waals surface area contributed by atoms with Gasteiger partial charge in [0.2, 0.25) is 12.1 Å². The molecule has 2 aliphatic rings. The number of rotatable bonds is 7. The quantitative estimate of drug-likeness (QED) is 0.172. The summed E-state index contributed by atoms with van der Waals surface area (Å²) in [6, 6.07) is 24.5. The van der Waals surface area contributed by atoms with Gasteiger partial charge in [0.1, 0.15) is 11.2 Å². The van der Waals surface area contributed by atoms with Gasteiger partial charge >= 0.3 is 11.9 Å². The highest BCUT2D eigenvalue weighted by Gasteiger charge is 2.29. The summed E-state index contributed by atoms with van der Waals surface area (Å²) < 4.78 is 2.97. The third-order valence-electron chi connectivity index (χ3n) is 8.45. The van der Waals surface area contributed by atoms with Crippen molar-refractivity contribution in [2.45, 2.75) is 38.1 Å². The van der Waals surface area contributed by atoms with E-state index in [1.807, 2.05) is 45.9 Å². The molecule has 2 N–H and O–H groups in total. The standard InChI is InChI=1S/C38H32N2O4S2/c1-38(2)20-24(11-17-32-39(22-34(41)42)30-15-13-26-7-3-5-9-28(26)36(30)45-32)19-25(21-38)12-18-33-40(23-35(43)44)31-16-14-27-8-4-6-10-29(27)37(31)46-33/h3-19H,20-23H2,1-2H3,(H-,41,42,43,44)/p+1. The van der Waals surface area contributed by atoms with Gasteiger partial charge in [0.05, 0.1) is 10.7 Å². The minimum absolute atomic E-state index is 0.0227. The van der Waals surface area contributed by atoms with E-state index in [-0.39, 0.29) is 18.5 Å². The molecule has 46 heavy (non-hydrogen) atoms. The smallest absolute Gasteiger partial charge is 0.370 e. The summed E-state index contributed by atoms with van der Waals surface area (Å²) in [5.74, 6) is -1.75. The molecule has 0 spiro atoms. The number of benzene rings is 4. The minimum atomic E-state index is -0.874. The van der Waals surface area contributed by atoms with Crippen molar-refractivity contribution in [2.24, 2.45) is 5.41 Å². The Morgan fingerprint density at radius 3 is 2.35 bits per heavy atom. The number of thiazole rings is 1. The number of aromatic nitrogens is 1. The van der Waals surface area contributed by atoms with E-state index in [0.29, 0.717) is 0 Å². The highest BCUT2D eigenvalue weighted by Crippen LogP contribution is 2.49. The second kappa shape index (κ2) is 11.9. The average molecular weight is 646 g/mol. The lowest BCUT2D eigenvalue weighted by molar-refractivity contribution is -0.657. The zero-order valence-electron chi connectivity index (χ0n) is 25.6. The Labute approximate surface area is 275 Å². The third kappa shape index (κ3) is 5.86. The van der Waals surface area contributed by atoms with Crippen LogP contribution in [0.15, 0.2) is 118 Å². The van der Waals surface area contributed by atoms with Crippen LogP contribution in [0.2, 0.25) is 0 Å². The van der Waals surface area contributed by atoms with Gasteiger partial charge in [-0.1, -0.05) is 110 Å². The molecule has 6 nitrogen and oxygen atoms in total. The van der Waals surface area contributed by atoms with Gasteiger partial charge in [-0.15, -0.1) is 0 Å². The summed E-state index contributed by atoms with van der Waals surface area (Å²) in [7, 11) is 0. The summed E-state index contributed by atoms with van der Waals surface area (Å²) in [6.07, 6.45) is 12.3. The van der Waals surface area contributed by atoms with Crippen LogP contribution in [-0.4, -0.2) is 28.7 Å². The average Bonchev–Trinajstić information content (AvgIpc) is 3.55. The fourth-order valence-corrected chi connectivity index (χ4v) is 8.98. The number of thioether (sulfide) groups is 1. The second-order valence-corrected chi connectivity index (χ2v) is 14.7. The molecule has 230 valence electrons. The van der Waals surface area contributed by atoms with Crippen LogP contribution in [0.5, 0.6) is 0 Å². The molecule has 0 radical (unpaired) electrons. The fraction of sp³-hybridized carbons (Fsp3) is 0.184. The molecule has 1 aliphatic carbocycles. The zero-order valence-corrected chi connectivity index (χ0v) is 27.2. The number of hydrogen-bond acceptors (Lipinski definition) is 5. The molecule has 0 fully saturated rings. The second-order valence-electron chi connectivity index (χ2n) is 12.6. The fourth-order valence-electron chi connectivity index (χ4n) is 6.58. The molecule has 0 atom stereocenters. The van der Waals surface area contributed by atoms with Crippen molar-refractivity contribution in [3.63, 3.8) is 0 Å². The molecule has 0 saturated carbocycles. The maximum atomic E-state index is 11.9. The summed E-state index contributed by atoms with van der Waals surface area (Å²) in [4.78, 5) is 26.7. The van der Waals surface area contributed by atoms with Crippen molar-refractivity contribution in [1.29, 1.82) is 0 Å². The van der Waals surface area contributed by atoms with Gasteiger partial charge in [-0.25, -0.2) is 4.79 Å². The number of fused-ring (bicyclic) bond motifs is 6. The van der Waals surface area contributed by atoms with E-state index in [2.05, 4.69) is 80.6 Å². The van der Waals surface area contributed by atoms with Crippen LogP contribution >= 0.6 is 23.1 Å². The molecule has 2 heterocycles. The van der Waals surface area contributed by atoms with Crippen LogP contribution < -0.4 is 9.47 Å². The Balaban J connectivity index is 1.24. The lowest BCUT2D eigenvalue weighted by Gasteiger charge is -2.30. The molecule has 0 bridgehead atoms. The molecule has 0 amide bonds. The molecular formula is C38H33N2O4S2+. The normalized spacial score (nSPS) is 17.9. The number of carbonyl (C=O) groups is 2. The number of carboxylic acid groups (broad SMARTS) is 2. The molecule has 0 unspecified atom stereocenters. The van der Waals surface area contributed by atoms with E-state index in [9.17, 15) is 19.8 Å². The van der Waals surface area contributed by atoms with Gasteiger partial charge in [0, 0.05) is 22.4 Å². The van der Waals surface area contributed by atoms with E-state index in [1.165, 1.54) is 11.1 Å². The number of aliphatic carboxylic acids is 2. The van der Waals surface area contributed by atoms with E-state index in [4.69, 9.17) is 0 Å². The molecular weight excluding hydrogens is 613 g/mol. The topological polar surface area (TPSA) is 81.7 Å². The van der Waals surface area contributed by atoms with Crippen LogP contribution in [0, 0.1) is 5.41 Å². The Morgan fingerprint density at radius 1 is 0.870 bits per heavy atom. The van der Waals surface area contributed by atoms with E-state index in [0.717, 1.165) is 65.2 Å². The van der Waals surface area contributed by atoms with Crippen molar-refractivity contribution >= 4 is 78.6 Å². The van der Waals surface area contributed by atoms with Gasteiger partial charge in [-0.3, -0.25) is 4.79 Å². The van der Waals surface area contributed by atoms with Gasteiger partial charge in [0.25, 0.3) is 5.01 Å². The van der Waals surface area contributed by atoms with Crippen molar-refractivity contribution in [1.82, 2.24) is 0 Å². The van der Waals surface area contributed by atoms with Crippen molar-refractivity contribution < 1.29 is 24.4 Å². The summed E-state index contributed by atoms with van der Waals surface area (Å²) in [6.45, 7) is 4.30. The number of carboxylic acids is 2. The predicted octanol–water partition coefficient (Wildman–Crippen LogP) is 8.80. The highest BCUT2D eigenvalue weighted by molar-refractivity contribution is 8.04. The van der Waals surface area contributed by atoms with Crippen molar-refractivity contribution in [3.8, 4) is 0 Å². The first-order valence-corrected chi connectivity index (χ1v) is 16.8. The van der Waals surface area contributed by atoms with Gasteiger partial charge in [-0.2, -0.15) is 4.57 Å². The van der Waals surface area contributed by atoms with E-state index >= 15 is 0 Å². The summed E-state index contributed by atoms with van der Waals surface area (Å²) in [5.41, 5.74) is 4.20. The Bertz CT molecular complexity index is 2190. The third-order valence-corrected chi connectivity index (χ3v) is 10.8. The Morgan fingerprint density at radius 2 is 1.59 bits per heavy atom. The first-order valence-electron chi connectivity index (χ1n) is 15.2. The van der Waals surface area contributed by atoms with Gasteiger partial charge < -0.3 is 15.1 Å². The highest BCUT2D eigenvalue weighted by atomic mass is 32.2. The van der Waals surface area contributed by atoms with Crippen LogP contribution in [0.1, 0.15) is 31.7 Å². The van der Waals surface area contributed by atoms with Crippen LogP contribution in [-0.2, 0) is 16.1 Å². The van der Waals surface area contributed by atoms with Crippen molar-refractivity contribution in [2.75, 3.05) is 11.4 Å².